The average Bonchev–Trinajstić information content (AvgIpc) is 2.88. The van der Waals surface area contributed by atoms with Gasteiger partial charge in [0.15, 0.2) is 0 Å². The van der Waals surface area contributed by atoms with E-state index in [2.05, 4.69) is 5.32 Å². The molecule has 1 fully saturated rings. The summed E-state index contributed by atoms with van der Waals surface area (Å²) in [5, 5.41) is 2.49. The number of nitrogens with one attached hydrogen (secondary N) is 1. The summed E-state index contributed by atoms with van der Waals surface area (Å²) in [5.41, 5.74) is 0. The fourth-order valence-corrected chi connectivity index (χ4v) is 3.19. The Hall–Kier alpha value is -0.540. The van der Waals surface area contributed by atoms with E-state index < -0.39 is 5.38 Å². The van der Waals surface area contributed by atoms with E-state index in [1.165, 1.54) is 17.7 Å². The van der Waals surface area contributed by atoms with Crippen LogP contribution in [-0.2, 0) is 4.79 Å². The summed E-state index contributed by atoms with van der Waals surface area (Å²) in [5.74, 6) is -0.0459. The Labute approximate surface area is 105 Å². The Balaban J connectivity index is 1.93. The van der Waals surface area contributed by atoms with Crippen molar-refractivity contribution in [3.63, 3.8) is 0 Å². The summed E-state index contributed by atoms with van der Waals surface area (Å²) in [6.45, 7) is 2.02. The van der Waals surface area contributed by atoms with Gasteiger partial charge in [-0.1, -0.05) is 12.8 Å². The third-order valence-corrected chi connectivity index (χ3v) is 4.57. The van der Waals surface area contributed by atoms with Gasteiger partial charge >= 0.3 is 0 Å². The summed E-state index contributed by atoms with van der Waals surface area (Å²) in [7, 11) is 0. The maximum absolute atomic E-state index is 11.9. The van der Waals surface area contributed by atoms with Gasteiger partial charge in [0.05, 0.1) is 0 Å². The van der Waals surface area contributed by atoms with E-state index in [-0.39, 0.29) is 5.91 Å². The lowest BCUT2D eigenvalue weighted by molar-refractivity contribution is -0.121. The second kappa shape index (κ2) is 5.19. The Morgan fingerprint density at radius 1 is 1.50 bits per heavy atom. The van der Waals surface area contributed by atoms with Gasteiger partial charge in [0.2, 0.25) is 5.91 Å². The smallest absolute Gasteiger partial charge is 0.243 e. The minimum atomic E-state index is -0.528. The predicted molar refractivity (Wildman–Crippen MR) is 68.0 cm³/mol. The van der Waals surface area contributed by atoms with Gasteiger partial charge < -0.3 is 5.32 Å². The van der Waals surface area contributed by atoms with Crippen molar-refractivity contribution in [3.8, 4) is 0 Å². The van der Waals surface area contributed by atoms with Crippen molar-refractivity contribution in [1.29, 1.82) is 0 Å². The van der Waals surface area contributed by atoms with Gasteiger partial charge in [-0.15, -0.1) is 22.9 Å². The van der Waals surface area contributed by atoms with Crippen molar-refractivity contribution >= 4 is 28.8 Å². The third-order valence-electron chi connectivity index (χ3n) is 2.94. The molecule has 0 radical (unpaired) electrons. The molecular weight excluding hydrogens is 242 g/mol. The van der Waals surface area contributed by atoms with Crippen molar-refractivity contribution < 1.29 is 4.79 Å². The molecule has 0 bridgehead atoms. The first-order chi connectivity index (χ1) is 7.66. The van der Waals surface area contributed by atoms with Crippen LogP contribution in [0.3, 0.4) is 0 Å². The van der Waals surface area contributed by atoms with E-state index >= 15 is 0 Å². The number of thiophene rings is 1. The molecule has 1 aliphatic rings. The topological polar surface area (TPSA) is 29.1 Å². The normalized spacial score (nSPS) is 18.6. The highest BCUT2D eigenvalue weighted by Crippen LogP contribution is 2.28. The lowest BCUT2D eigenvalue weighted by atomic mass is 10.2. The van der Waals surface area contributed by atoms with Crippen LogP contribution in [0.15, 0.2) is 12.1 Å². The molecule has 2 rings (SSSR count). The van der Waals surface area contributed by atoms with Gasteiger partial charge in [0.1, 0.15) is 5.38 Å². The first-order valence-corrected chi connectivity index (χ1v) is 6.93. The van der Waals surface area contributed by atoms with Gasteiger partial charge in [0, 0.05) is 15.8 Å². The molecule has 0 aromatic carbocycles. The quantitative estimate of drug-likeness (QED) is 0.827. The highest BCUT2D eigenvalue weighted by atomic mass is 35.5. The summed E-state index contributed by atoms with van der Waals surface area (Å²) in [6, 6.07) is 4.28. The summed E-state index contributed by atoms with van der Waals surface area (Å²) >= 11 is 7.74. The standard InChI is InChI=1S/C12H16ClNOS/c1-8-6-7-10(16-8)11(13)12(15)14-9-4-2-3-5-9/h6-7,9,11H,2-5H2,1H3,(H,14,15). The Kier molecular flexibility index (Phi) is 3.87. The summed E-state index contributed by atoms with van der Waals surface area (Å²) in [6.07, 6.45) is 4.63. The average molecular weight is 258 g/mol. The fourth-order valence-electron chi connectivity index (χ4n) is 2.06. The monoisotopic (exact) mass is 257 g/mol. The van der Waals surface area contributed by atoms with Crippen LogP contribution in [0.25, 0.3) is 0 Å². The number of hydrogen-bond acceptors (Lipinski definition) is 2. The maximum atomic E-state index is 11.9. The molecule has 0 aliphatic heterocycles. The molecule has 1 heterocycles. The third kappa shape index (κ3) is 2.77. The van der Waals surface area contributed by atoms with Gasteiger partial charge in [-0.05, 0) is 31.9 Å². The molecule has 1 atom stereocenters. The Bertz CT molecular complexity index is 371. The van der Waals surface area contributed by atoms with Crippen LogP contribution in [0.1, 0.15) is 40.8 Å². The van der Waals surface area contributed by atoms with Crippen molar-refractivity contribution in [2.75, 3.05) is 0 Å². The number of carbonyl (C=O) groups excluding carboxylic acids is 1. The fraction of sp³-hybridized carbons (Fsp3) is 0.583. The van der Waals surface area contributed by atoms with Crippen molar-refractivity contribution in [2.24, 2.45) is 0 Å². The minimum absolute atomic E-state index is 0.0459. The lowest BCUT2D eigenvalue weighted by Gasteiger charge is -2.14. The van der Waals surface area contributed by atoms with Crippen LogP contribution in [0.5, 0.6) is 0 Å². The first kappa shape index (κ1) is 11.9. The number of amides is 1. The molecule has 2 nitrogen and oxygen atoms in total. The molecule has 1 N–H and O–H groups in total. The van der Waals surface area contributed by atoms with Crippen LogP contribution in [0.2, 0.25) is 0 Å². The van der Waals surface area contributed by atoms with Crippen molar-refractivity contribution in [2.45, 2.75) is 44.0 Å². The Morgan fingerprint density at radius 2 is 2.19 bits per heavy atom. The van der Waals surface area contributed by atoms with E-state index in [9.17, 15) is 4.79 Å². The van der Waals surface area contributed by atoms with Gasteiger partial charge in [0.25, 0.3) is 0 Å². The minimum Gasteiger partial charge on any atom is -0.352 e. The molecule has 1 amide bonds. The lowest BCUT2D eigenvalue weighted by Crippen LogP contribution is -2.34. The molecule has 0 saturated heterocycles. The zero-order valence-electron chi connectivity index (χ0n) is 9.33. The molecule has 1 aromatic rings. The Morgan fingerprint density at radius 3 is 2.75 bits per heavy atom. The largest absolute Gasteiger partial charge is 0.352 e. The molecule has 1 unspecified atom stereocenters. The molecule has 1 aliphatic carbocycles. The zero-order chi connectivity index (χ0) is 11.5. The van der Waals surface area contributed by atoms with E-state index in [0.717, 1.165) is 17.7 Å². The highest BCUT2D eigenvalue weighted by molar-refractivity contribution is 7.12. The van der Waals surface area contributed by atoms with Gasteiger partial charge in [-0.2, -0.15) is 0 Å². The van der Waals surface area contributed by atoms with E-state index in [0.29, 0.717) is 6.04 Å². The van der Waals surface area contributed by atoms with Crippen LogP contribution in [-0.4, -0.2) is 11.9 Å². The van der Waals surface area contributed by atoms with E-state index in [4.69, 9.17) is 11.6 Å². The molecule has 16 heavy (non-hydrogen) atoms. The molecule has 88 valence electrons. The zero-order valence-corrected chi connectivity index (χ0v) is 10.9. The maximum Gasteiger partial charge on any atom is 0.243 e. The van der Waals surface area contributed by atoms with Gasteiger partial charge in [-0.25, -0.2) is 0 Å². The molecule has 0 spiro atoms. The number of halogens is 1. The second-order valence-corrected chi connectivity index (χ2v) is 6.06. The summed E-state index contributed by atoms with van der Waals surface area (Å²) < 4.78 is 0. The second-order valence-electron chi connectivity index (χ2n) is 4.30. The van der Waals surface area contributed by atoms with Crippen LogP contribution < -0.4 is 5.32 Å². The SMILES string of the molecule is Cc1ccc(C(Cl)C(=O)NC2CCCC2)s1. The molecular formula is C12H16ClNOS. The number of hydrogen-bond donors (Lipinski definition) is 1. The summed E-state index contributed by atoms with van der Waals surface area (Å²) in [4.78, 5) is 14.0. The molecule has 1 aromatic heterocycles. The number of aryl methyl sites for hydroxylation is 1. The van der Waals surface area contributed by atoms with Crippen molar-refractivity contribution in [3.05, 3.63) is 21.9 Å². The van der Waals surface area contributed by atoms with Crippen LogP contribution >= 0.6 is 22.9 Å². The van der Waals surface area contributed by atoms with Gasteiger partial charge in [-0.3, -0.25) is 4.79 Å². The number of alkyl halides is 1. The van der Waals surface area contributed by atoms with E-state index in [1.807, 2.05) is 19.1 Å². The number of rotatable bonds is 3. The molecule has 1 saturated carbocycles. The van der Waals surface area contributed by atoms with Crippen LogP contribution in [0, 0.1) is 6.92 Å². The number of carbonyl (C=O) groups is 1. The highest BCUT2D eigenvalue weighted by Gasteiger charge is 2.23. The molecule has 4 heteroatoms. The van der Waals surface area contributed by atoms with Crippen molar-refractivity contribution in [1.82, 2.24) is 5.32 Å². The predicted octanol–water partition coefficient (Wildman–Crippen LogP) is 3.40. The van der Waals surface area contributed by atoms with E-state index in [1.54, 1.807) is 11.3 Å². The first-order valence-electron chi connectivity index (χ1n) is 5.67. The van der Waals surface area contributed by atoms with Crippen LogP contribution in [0.4, 0.5) is 0 Å².